The summed E-state index contributed by atoms with van der Waals surface area (Å²) in [7, 11) is -9.60. The van der Waals surface area contributed by atoms with Crippen LogP contribution in [0.2, 0.25) is 0 Å². The Morgan fingerprint density at radius 1 is 1.23 bits per heavy atom. The third-order valence-electron chi connectivity index (χ3n) is 3.51. The molecule has 14 nitrogen and oxygen atoms in total. The molecule has 6 N–H and O–H groups in total. The van der Waals surface area contributed by atoms with Crippen LogP contribution in [0.3, 0.4) is 0 Å². The van der Waals surface area contributed by atoms with E-state index < -0.39 is 40.7 Å². The molecule has 2 aromatic rings. The van der Waals surface area contributed by atoms with Crippen LogP contribution in [0.25, 0.3) is 11.2 Å². The third kappa shape index (κ3) is 4.43. The van der Waals surface area contributed by atoms with E-state index >= 15 is 0 Å². The number of imidazole rings is 1. The highest BCUT2D eigenvalue weighted by Gasteiger charge is 2.42. The molecule has 0 amide bonds. The Labute approximate surface area is 145 Å². The van der Waals surface area contributed by atoms with Crippen LogP contribution >= 0.6 is 15.6 Å². The van der Waals surface area contributed by atoms with Crippen LogP contribution in [0, 0.1) is 0 Å². The molecule has 144 valence electrons. The zero-order valence-corrected chi connectivity index (χ0v) is 14.7. The number of nitrogen functional groups attached to an aromatic ring is 1. The van der Waals surface area contributed by atoms with E-state index in [1.165, 1.54) is 17.2 Å². The van der Waals surface area contributed by atoms with E-state index in [4.69, 9.17) is 34.6 Å². The molecule has 0 unspecified atom stereocenters. The summed E-state index contributed by atoms with van der Waals surface area (Å²) < 4.78 is 38.1. The molecular weight excluding hydrogens is 396 g/mol. The number of fused-ring (bicyclic) bond motifs is 1. The molecule has 0 radical (unpaired) electrons. The van der Waals surface area contributed by atoms with Crippen molar-refractivity contribution in [3.8, 4) is 0 Å². The van der Waals surface area contributed by atoms with Crippen molar-refractivity contribution >= 4 is 32.6 Å². The van der Waals surface area contributed by atoms with Gasteiger partial charge in [-0.15, -0.1) is 0 Å². The highest BCUT2D eigenvalue weighted by molar-refractivity contribution is 7.46. The van der Waals surface area contributed by atoms with Gasteiger partial charge in [0.25, 0.3) is 0 Å². The molecule has 1 aliphatic heterocycles. The predicted molar refractivity (Wildman–Crippen MR) is 83.2 cm³/mol. The topological polar surface area (TPSA) is 212 Å². The maximum Gasteiger partial charge on any atom is 0.470 e. The fourth-order valence-corrected chi connectivity index (χ4v) is 3.48. The first-order valence-corrected chi connectivity index (χ1v) is 10.1. The zero-order valence-electron chi connectivity index (χ0n) is 12.9. The van der Waals surface area contributed by atoms with Gasteiger partial charge in [-0.05, 0) is 0 Å². The number of ether oxygens (including phenoxy) is 1. The van der Waals surface area contributed by atoms with E-state index in [1.54, 1.807) is 0 Å². The minimum absolute atomic E-state index is 0.0978. The molecular formula is C10H15N5O9P2. The minimum atomic E-state index is -4.87. The standard InChI is InChI=1S/C10H15N5O9P2/c11-8-7-9(13-3-12-8)15(4-14-7)10-6(24-26(19,20)21)1-5(23-10)2-22-25(16,17)18/h3-6,10H,1-2H2,(H2,11,12,13)(H2,16,17,18)(H2,19,20,21)/t5-,6+,10+/m0/s1. The molecule has 1 fully saturated rings. The van der Waals surface area contributed by atoms with Gasteiger partial charge in [0.2, 0.25) is 0 Å². The van der Waals surface area contributed by atoms with E-state index in [1.807, 2.05) is 0 Å². The van der Waals surface area contributed by atoms with Crippen molar-refractivity contribution in [2.24, 2.45) is 0 Å². The predicted octanol–water partition coefficient (Wildman–Crippen LogP) is -0.717. The van der Waals surface area contributed by atoms with Gasteiger partial charge >= 0.3 is 15.6 Å². The minimum Gasteiger partial charge on any atom is -0.382 e. The number of hydrogen-bond acceptors (Lipinski definition) is 9. The van der Waals surface area contributed by atoms with Gasteiger partial charge in [0.15, 0.2) is 17.7 Å². The summed E-state index contributed by atoms with van der Waals surface area (Å²) in [6, 6.07) is 0. The zero-order chi connectivity index (χ0) is 19.1. The quantitative estimate of drug-likeness (QED) is 0.372. The molecule has 0 saturated carbocycles. The summed E-state index contributed by atoms with van der Waals surface area (Å²) in [5.74, 6) is 0.0978. The first-order valence-electron chi connectivity index (χ1n) is 7.06. The van der Waals surface area contributed by atoms with Gasteiger partial charge in [0.1, 0.15) is 17.9 Å². The maximum atomic E-state index is 11.2. The normalized spacial score (nSPS) is 24.4. The van der Waals surface area contributed by atoms with Crippen molar-refractivity contribution < 1.29 is 42.5 Å². The number of hydrogen-bond donors (Lipinski definition) is 5. The van der Waals surface area contributed by atoms with Crippen LogP contribution in [0.15, 0.2) is 12.7 Å². The lowest BCUT2D eigenvalue weighted by molar-refractivity contribution is -0.0472. The van der Waals surface area contributed by atoms with E-state index in [0.29, 0.717) is 0 Å². The second-order valence-electron chi connectivity index (χ2n) is 5.39. The lowest BCUT2D eigenvalue weighted by Gasteiger charge is -2.20. The molecule has 3 atom stereocenters. The fourth-order valence-electron chi connectivity index (χ4n) is 2.58. The summed E-state index contributed by atoms with van der Waals surface area (Å²) in [6.45, 7) is -0.508. The van der Waals surface area contributed by atoms with Crippen molar-refractivity contribution in [2.45, 2.75) is 24.9 Å². The number of rotatable bonds is 6. The SMILES string of the molecule is Nc1ncnc2c1ncn2[C@@H]1O[C@H](COP(=O)(O)O)C[C@H]1OP(=O)(O)O. The molecule has 3 rings (SSSR count). The van der Waals surface area contributed by atoms with Gasteiger partial charge in [-0.2, -0.15) is 0 Å². The average Bonchev–Trinajstić information content (AvgIpc) is 3.07. The monoisotopic (exact) mass is 411 g/mol. The summed E-state index contributed by atoms with van der Waals surface area (Å²) in [5, 5.41) is 0. The van der Waals surface area contributed by atoms with Crippen LogP contribution in [0.5, 0.6) is 0 Å². The summed E-state index contributed by atoms with van der Waals surface area (Å²) in [4.78, 5) is 47.6. The van der Waals surface area contributed by atoms with Gasteiger partial charge < -0.3 is 30.0 Å². The number of phosphoric ester groups is 2. The number of anilines is 1. The summed E-state index contributed by atoms with van der Waals surface area (Å²) in [5.41, 5.74) is 6.18. The molecule has 0 aromatic carbocycles. The van der Waals surface area contributed by atoms with Gasteiger partial charge in [0, 0.05) is 6.42 Å². The first kappa shape index (κ1) is 19.3. The fraction of sp³-hybridized carbons (Fsp3) is 0.500. The largest absolute Gasteiger partial charge is 0.470 e. The molecule has 3 heterocycles. The Morgan fingerprint density at radius 2 is 1.96 bits per heavy atom. The van der Waals surface area contributed by atoms with Gasteiger partial charge in [0.05, 0.1) is 19.0 Å². The van der Waals surface area contributed by atoms with E-state index in [0.717, 1.165) is 0 Å². The summed E-state index contributed by atoms with van der Waals surface area (Å²) in [6.07, 6.45) is -0.792. The van der Waals surface area contributed by atoms with Crippen LogP contribution in [-0.4, -0.2) is 57.9 Å². The van der Waals surface area contributed by atoms with Crippen LogP contribution in [0.1, 0.15) is 12.6 Å². The molecule has 0 spiro atoms. The molecule has 16 heteroatoms. The van der Waals surface area contributed by atoms with Crippen LogP contribution < -0.4 is 5.73 Å². The van der Waals surface area contributed by atoms with Crippen LogP contribution in [0.4, 0.5) is 5.82 Å². The van der Waals surface area contributed by atoms with Crippen molar-refractivity contribution in [1.29, 1.82) is 0 Å². The Hall–Kier alpha value is -1.47. The van der Waals surface area contributed by atoms with E-state index in [9.17, 15) is 9.13 Å². The lowest BCUT2D eigenvalue weighted by atomic mass is 10.2. The van der Waals surface area contributed by atoms with Gasteiger partial charge in [-0.25, -0.2) is 24.1 Å². The molecule has 2 aromatic heterocycles. The van der Waals surface area contributed by atoms with Crippen molar-refractivity contribution in [2.75, 3.05) is 12.3 Å². The lowest BCUT2D eigenvalue weighted by Crippen LogP contribution is -2.21. The number of aromatic nitrogens is 4. The smallest absolute Gasteiger partial charge is 0.382 e. The molecule has 1 saturated heterocycles. The van der Waals surface area contributed by atoms with Crippen LogP contribution in [-0.2, 0) is 22.9 Å². The molecule has 26 heavy (non-hydrogen) atoms. The van der Waals surface area contributed by atoms with E-state index in [-0.39, 0.29) is 23.4 Å². The highest BCUT2D eigenvalue weighted by atomic mass is 31.2. The maximum absolute atomic E-state index is 11.2. The average molecular weight is 411 g/mol. The van der Waals surface area contributed by atoms with E-state index in [2.05, 4.69) is 19.5 Å². The van der Waals surface area contributed by atoms with Crippen molar-refractivity contribution in [3.63, 3.8) is 0 Å². The van der Waals surface area contributed by atoms with Crippen molar-refractivity contribution in [1.82, 2.24) is 19.5 Å². The van der Waals surface area contributed by atoms with Gasteiger partial charge in [-0.1, -0.05) is 0 Å². The Balaban J connectivity index is 1.89. The van der Waals surface area contributed by atoms with Gasteiger partial charge in [-0.3, -0.25) is 13.6 Å². The summed E-state index contributed by atoms with van der Waals surface area (Å²) >= 11 is 0. The number of nitrogens with two attached hydrogens (primary N) is 1. The molecule has 0 bridgehead atoms. The molecule has 1 aliphatic rings. The highest BCUT2D eigenvalue weighted by Crippen LogP contribution is 2.46. The Bertz CT molecular complexity index is 894. The first-order chi connectivity index (χ1) is 12.0. The second kappa shape index (κ2) is 6.93. The Morgan fingerprint density at radius 3 is 2.62 bits per heavy atom. The molecule has 0 aliphatic carbocycles. The number of phosphoric acid groups is 2. The third-order valence-corrected chi connectivity index (χ3v) is 4.54. The number of nitrogens with zero attached hydrogens (tertiary/aromatic N) is 4. The second-order valence-corrected chi connectivity index (χ2v) is 7.82. The van der Waals surface area contributed by atoms with Crippen molar-refractivity contribution in [3.05, 3.63) is 12.7 Å². The Kier molecular flexibility index (Phi) is 5.14.